The van der Waals surface area contributed by atoms with Crippen LogP contribution in [-0.2, 0) is 19.8 Å². The number of benzene rings is 1. The molecule has 0 spiro atoms. The summed E-state index contributed by atoms with van der Waals surface area (Å²) in [7, 11) is 4.03. The molecule has 2 amide bonds. The molecule has 40 heavy (non-hydrogen) atoms. The summed E-state index contributed by atoms with van der Waals surface area (Å²) in [4.78, 5) is 40.4. The predicted octanol–water partition coefficient (Wildman–Crippen LogP) is 3.13. The summed E-state index contributed by atoms with van der Waals surface area (Å²) in [5.74, 6) is -2.71. The number of anilines is 2. The van der Waals surface area contributed by atoms with Gasteiger partial charge in [-0.3, -0.25) is 14.4 Å². The minimum Gasteiger partial charge on any atom is -0.874 e. The second-order valence-corrected chi connectivity index (χ2v) is 13.0. The maximum absolute atomic E-state index is 13.9. The van der Waals surface area contributed by atoms with Crippen molar-refractivity contribution in [1.29, 1.82) is 0 Å². The van der Waals surface area contributed by atoms with Gasteiger partial charge in [-0.15, -0.1) is 5.76 Å². The van der Waals surface area contributed by atoms with Gasteiger partial charge in [0.2, 0.25) is 17.5 Å². The molecule has 4 unspecified atom stereocenters. The maximum atomic E-state index is 13.9. The van der Waals surface area contributed by atoms with Crippen molar-refractivity contribution in [3.05, 3.63) is 58.0 Å². The molecule has 2 N–H and O–H groups in total. The molecule has 1 aromatic carbocycles. The van der Waals surface area contributed by atoms with Crippen LogP contribution in [0.25, 0.3) is 0 Å². The maximum Gasteiger partial charge on any atom is 0.221 e. The Balaban J connectivity index is 1.64. The number of fused-ring (bicyclic) bond motifs is 2. The van der Waals surface area contributed by atoms with Crippen LogP contribution in [0.2, 0.25) is 0 Å². The number of rotatable bonds is 4. The fourth-order valence-electron chi connectivity index (χ4n) is 6.90. The van der Waals surface area contributed by atoms with Crippen molar-refractivity contribution in [1.82, 2.24) is 5.32 Å². The number of nitrogens with one attached hydrogen (secondary N) is 2. The second-order valence-electron chi connectivity index (χ2n) is 13.0. The molecule has 212 valence electrons. The molecule has 2 aliphatic heterocycles. The Morgan fingerprint density at radius 2 is 1.65 bits per heavy atom. The van der Waals surface area contributed by atoms with Gasteiger partial charge in [-0.1, -0.05) is 26.0 Å². The number of hydrogen-bond acceptors (Lipinski definition) is 5. The molecule has 2 aliphatic carbocycles. The summed E-state index contributed by atoms with van der Waals surface area (Å²) in [6.07, 6.45) is 3.89. The van der Waals surface area contributed by atoms with E-state index >= 15 is 0 Å². The van der Waals surface area contributed by atoms with Crippen LogP contribution < -0.4 is 20.6 Å². The number of likely N-dealkylation sites (N-methyl/N-ethyl adjacent to an activating group) is 1. The monoisotopic (exact) mass is 544 g/mol. The van der Waals surface area contributed by atoms with Gasteiger partial charge in [-0.25, -0.2) is 4.58 Å². The molecular weight excluding hydrogens is 504 g/mol. The molecule has 4 aliphatic rings. The first kappa shape index (κ1) is 27.9. The molecule has 0 aromatic heterocycles. The molecular formula is C32H40N4O4. The van der Waals surface area contributed by atoms with Crippen LogP contribution >= 0.6 is 0 Å². The van der Waals surface area contributed by atoms with Crippen LogP contribution in [-0.4, -0.2) is 54.1 Å². The van der Waals surface area contributed by atoms with E-state index in [1.54, 1.807) is 0 Å². The lowest BCUT2D eigenvalue weighted by Gasteiger charge is -2.42. The Hall–Kier alpha value is -3.68. The van der Waals surface area contributed by atoms with Crippen molar-refractivity contribution in [3.8, 4) is 0 Å². The number of hydrogen-bond donors (Lipinski definition) is 2. The van der Waals surface area contributed by atoms with E-state index in [-0.39, 0.29) is 51.8 Å². The predicted molar refractivity (Wildman–Crippen MR) is 154 cm³/mol. The van der Waals surface area contributed by atoms with Crippen molar-refractivity contribution in [3.63, 3.8) is 0 Å². The lowest BCUT2D eigenvalue weighted by molar-refractivity contribution is -0.537. The van der Waals surface area contributed by atoms with Crippen molar-refractivity contribution >= 4 is 34.7 Å². The van der Waals surface area contributed by atoms with Crippen LogP contribution in [0, 0.1) is 11.3 Å². The highest BCUT2D eigenvalue weighted by Gasteiger charge is 2.51. The molecule has 0 saturated carbocycles. The van der Waals surface area contributed by atoms with Gasteiger partial charge in [-0.2, -0.15) is 0 Å². The smallest absolute Gasteiger partial charge is 0.221 e. The number of amides is 2. The first-order valence-electron chi connectivity index (χ1n) is 14.0. The highest BCUT2D eigenvalue weighted by atomic mass is 16.3. The molecule has 5 rings (SSSR count). The average molecular weight is 545 g/mol. The van der Waals surface area contributed by atoms with Crippen LogP contribution in [0.4, 0.5) is 11.4 Å². The molecule has 8 nitrogen and oxygen atoms in total. The summed E-state index contributed by atoms with van der Waals surface area (Å²) in [6, 6.07) is 4.21. The fourth-order valence-corrected chi connectivity index (χ4v) is 6.90. The largest absolute Gasteiger partial charge is 0.874 e. The second kappa shape index (κ2) is 8.91. The van der Waals surface area contributed by atoms with E-state index in [2.05, 4.69) is 61.7 Å². The Morgan fingerprint density at radius 1 is 1.02 bits per heavy atom. The van der Waals surface area contributed by atoms with Crippen LogP contribution in [0.5, 0.6) is 0 Å². The first-order chi connectivity index (χ1) is 18.5. The van der Waals surface area contributed by atoms with Crippen LogP contribution in [0.15, 0.2) is 46.9 Å². The Labute approximate surface area is 236 Å². The minimum absolute atomic E-state index is 0.175. The molecule has 2 heterocycles. The van der Waals surface area contributed by atoms with Gasteiger partial charge in [0.05, 0.1) is 11.3 Å². The van der Waals surface area contributed by atoms with Gasteiger partial charge in [0.15, 0.2) is 11.8 Å². The molecule has 0 radical (unpaired) electrons. The molecule has 8 heteroatoms. The number of carbonyl (C=O) groups is 3. The standard InChI is InChI=1S/C32H40N4O4/c1-15-31(5,6)21-11-19(23(33-17(3)37)13-25(21)35(15)9)27-29(39)28(30(27)40)20-12-22-26(14-24(20)34-18(4)38)36(10)16(2)32(22,7)8/h11-16,19,28H,1-10H3,(H2,34,38,39,40). The van der Waals surface area contributed by atoms with E-state index in [0.29, 0.717) is 16.9 Å². The summed E-state index contributed by atoms with van der Waals surface area (Å²) in [5, 5.41) is 19.7. The molecule has 0 fully saturated rings. The van der Waals surface area contributed by atoms with Crippen molar-refractivity contribution in [2.24, 2.45) is 11.3 Å². The van der Waals surface area contributed by atoms with Gasteiger partial charge >= 0.3 is 0 Å². The van der Waals surface area contributed by atoms with Gasteiger partial charge in [0.25, 0.3) is 0 Å². The quantitative estimate of drug-likeness (QED) is 0.567. The first-order valence-corrected chi connectivity index (χ1v) is 14.0. The summed E-state index contributed by atoms with van der Waals surface area (Å²) >= 11 is 0. The zero-order valence-electron chi connectivity index (χ0n) is 25.1. The van der Waals surface area contributed by atoms with Gasteiger partial charge in [-0.05, 0) is 50.5 Å². The lowest BCUT2D eigenvalue weighted by atomic mass is 9.67. The lowest BCUT2D eigenvalue weighted by Crippen LogP contribution is -2.42. The number of nitrogens with zero attached hydrogens (tertiary/aromatic N) is 2. The molecule has 0 saturated heterocycles. The highest BCUT2D eigenvalue weighted by Crippen LogP contribution is 2.52. The normalized spacial score (nSPS) is 28.1. The van der Waals surface area contributed by atoms with Gasteiger partial charge in [0.1, 0.15) is 7.05 Å². The average Bonchev–Trinajstić information content (AvgIpc) is 3.13. The fraction of sp³-hybridized carbons (Fsp3) is 0.500. The van der Waals surface area contributed by atoms with Crippen LogP contribution in [0.1, 0.15) is 72.4 Å². The molecule has 0 bridgehead atoms. The Morgan fingerprint density at radius 3 is 2.23 bits per heavy atom. The van der Waals surface area contributed by atoms with E-state index < -0.39 is 11.8 Å². The van der Waals surface area contributed by atoms with E-state index in [1.165, 1.54) is 13.8 Å². The van der Waals surface area contributed by atoms with Crippen molar-refractivity contribution in [2.45, 2.75) is 78.8 Å². The van der Waals surface area contributed by atoms with E-state index in [0.717, 1.165) is 22.5 Å². The summed E-state index contributed by atoms with van der Waals surface area (Å²) in [6.45, 7) is 15.7. The topological polar surface area (TPSA) is 105 Å². The number of Topliss-reactive ketones (excluding diaryl/α,β-unsaturated/α-hetero) is 1. The summed E-state index contributed by atoms with van der Waals surface area (Å²) in [5.41, 5.74) is 5.37. The molecule has 1 aromatic rings. The van der Waals surface area contributed by atoms with Crippen LogP contribution in [0.3, 0.4) is 0 Å². The SMILES string of the molecule is CC(=O)NC1=CC2=[N+](C)C(C)C(C)(C)C2=CC1C1=C([O-])C(c2cc3c(cc2NC(C)=O)N(C)C(C)C3(C)C)C1=O. The van der Waals surface area contributed by atoms with Gasteiger partial charge in [0, 0.05) is 67.0 Å². The Kier molecular flexibility index (Phi) is 6.21. The zero-order valence-corrected chi connectivity index (χ0v) is 25.1. The number of ketones is 1. The van der Waals surface area contributed by atoms with E-state index in [4.69, 9.17) is 0 Å². The van der Waals surface area contributed by atoms with Crippen molar-refractivity contribution in [2.75, 3.05) is 24.3 Å². The highest BCUT2D eigenvalue weighted by molar-refractivity contribution is 6.14. The number of carbonyl (C=O) groups excluding carboxylic acids is 3. The van der Waals surface area contributed by atoms with Gasteiger partial charge < -0.3 is 20.6 Å². The number of allylic oxidation sites excluding steroid dienone is 3. The van der Waals surface area contributed by atoms with Crippen molar-refractivity contribution < 1.29 is 24.1 Å². The Bertz CT molecular complexity index is 1510. The third kappa shape index (κ3) is 3.79. The third-order valence-corrected chi connectivity index (χ3v) is 10.1. The third-order valence-electron chi connectivity index (χ3n) is 10.1. The van der Waals surface area contributed by atoms with E-state index in [9.17, 15) is 19.5 Å². The summed E-state index contributed by atoms with van der Waals surface area (Å²) < 4.78 is 2.17. The zero-order chi connectivity index (χ0) is 29.6. The minimum atomic E-state index is -1.00. The molecule has 4 atom stereocenters. The van der Waals surface area contributed by atoms with E-state index in [1.807, 2.05) is 38.4 Å².